The van der Waals surface area contributed by atoms with Crippen molar-refractivity contribution in [1.29, 1.82) is 0 Å². The Bertz CT molecular complexity index is 636. The van der Waals surface area contributed by atoms with Gasteiger partial charge >= 0.3 is 5.63 Å². The summed E-state index contributed by atoms with van der Waals surface area (Å²) in [5.74, 6) is 1.11. The Balaban J connectivity index is 2.62. The molecule has 0 bridgehead atoms. The van der Waals surface area contributed by atoms with E-state index in [9.17, 15) is 4.79 Å². The van der Waals surface area contributed by atoms with E-state index in [-0.39, 0.29) is 5.63 Å². The first-order chi connectivity index (χ1) is 8.60. The van der Waals surface area contributed by atoms with Gasteiger partial charge in [-0.3, -0.25) is 0 Å². The van der Waals surface area contributed by atoms with Crippen LogP contribution in [0.1, 0.15) is 19.4 Å². The van der Waals surface area contributed by atoms with E-state index in [1.54, 1.807) is 13.2 Å². The summed E-state index contributed by atoms with van der Waals surface area (Å²) in [6.07, 6.45) is 4.01. The third-order valence-electron chi connectivity index (χ3n) is 2.64. The van der Waals surface area contributed by atoms with Crippen LogP contribution in [0.25, 0.3) is 17.0 Å². The summed E-state index contributed by atoms with van der Waals surface area (Å²) >= 11 is 0. The molecule has 0 unspecified atom stereocenters. The predicted octanol–water partition coefficient (Wildman–Crippen LogP) is 3.47. The van der Waals surface area contributed by atoms with Crippen molar-refractivity contribution in [2.24, 2.45) is 5.92 Å². The van der Waals surface area contributed by atoms with E-state index < -0.39 is 0 Å². The van der Waals surface area contributed by atoms with Crippen molar-refractivity contribution >= 4 is 17.0 Å². The molecule has 0 fully saturated rings. The van der Waals surface area contributed by atoms with Gasteiger partial charge in [-0.25, -0.2) is 4.79 Å². The van der Waals surface area contributed by atoms with Crippen molar-refractivity contribution in [2.75, 3.05) is 7.11 Å². The van der Waals surface area contributed by atoms with Gasteiger partial charge in [0.2, 0.25) is 0 Å². The number of methoxy groups -OCH3 is 1. The minimum Gasteiger partial charge on any atom is -0.497 e. The van der Waals surface area contributed by atoms with Gasteiger partial charge in [-0.05, 0) is 23.6 Å². The summed E-state index contributed by atoms with van der Waals surface area (Å²) in [5, 5.41) is 0.910. The fourth-order valence-corrected chi connectivity index (χ4v) is 1.73. The third-order valence-corrected chi connectivity index (χ3v) is 2.64. The molecule has 0 saturated carbocycles. The van der Waals surface area contributed by atoms with E-state index in [1.165, 1.54) is 6.07 Å². The summed E-state index contributed by atoms with van der Waals surface area (Å²) in [5.41, 5.74) is 1.07. The lowest BCUT2D eigenvalue weighted by atomic mass is 10.1. The van der Waals surface area contributed by atoms with Gasteiger partial charge in [-0.2, -0.15) is 0 Å². The molecule has 3 nitrogen and oxygen atoms in total. The Morgan fingerprint density at radius 3 is 2.72 bits per heavy atom. The Morgan fingerprint density at radius 1 is 1.28 bits per heavy atom. The number of benzene rings is 1. The zero-order chi connectivity index (χ0) is 13.1. The highest BCUT2D eigenvalue weighted by Crippen LogP contribution is 2.23. The van der Waals surface area contributed by atoms with E-state index in [4.69, 9.17) is 9.15 Å². The quantitative estimate of drug-likeness (QED) is 0.776. The molecule has 1 heterocycles. The molecule has 3 heteroatoms. The molecule has 1 aromatic heterocycles. The molecule has 0 aliphatic rings. The molecule has 0 aliphatic heterocycles. The number of allylic oxidation sites excluding steroid dienone is 1. The van der Waals surface area contributed by atoms with Crippen LogP contribution in [0.15, 0.2) is 39.6 Å². The van der Waals surface area contributed by atoms with E-state index in [2.05, 4.69) is 19.9 Å². The molecule has 0 N–H and O–H groups in total. The lowest BCUT2D eigenvalue weighted by Gasteiger charge is -2.04. The SMILES string of the molecule is COc1ccc2c(/C=C\C(C)C)cc(=O)oc2c1. The Kier molecular flexibility index (Phi) is 3.51. The minimum atomic E-state index is -0.348. The second kappa shape index (κ2) is 5.08. The molecule has 0 amide bonds. The Hall–Kier alpha value is -2.03. The maximum Gasteiger partial charge on any atom is 0.336 e. The summed E-state index contributed by atoms with van der Waals surface area (Å²) in [4.78, 5) is 11.5. The lowest BCUT2D eigenvalue weighted by Crippen LogP contribution is -1.98. The molecule has 0 aliphatic carbocycles. The first kappa shape index (κ1) is 12.4. The molecule has 1 aromatic carbocycles. The van der Waals surface area contributed by atoms with Crippen LogP contribution >= 0.6 is 0 Å². The Morgan fingerprint density at radius 2 is 2.06 bits per heavy atom. The predicted molar refractivity (Wildman–Crippen MR) is 72.9 cm³/mol. The fourth-order valence-electron chi connectivity index (χ4n) is 1.73. The lowest BCUT2D eigenvalue weighted by molar-refractivity contribution is 0.414. The highest BCUT2D eigenvalue weighted by molar-refractivity contribution is 5.87. The third kappa shape index (κ3) is 2.62. The van der Waals surface area contributed by atoms with Crippen molar-refractivity contribution in [3.05, 3.63) is 46.3 Å². The van der Waals surface area contributed by atoms with Crippen LogP contribution in [-0.2, 0) is 0 Å². The smallest absolute Gasteiger partial charge is 0.336 e. The molecule has 0 atom stereocenters. The van der Waals surface area contributed by atoms with Gasteiger partial charge in [-0.15, -0.1) is 0 Å². The summed E-state index contributed by atoms with van der Waals surface area (Å²) < 4.78 is 10.3. The summed E-state index contributed by atoms with van der Waals surface area (Å²) in [6.45, 7) is 4.18. The van der Waals surface area contributed by atoms with Crippen LogP contribution in [0.3, 0.4) is 0 Å². The number of fused-ring (bicyclic) bond motifs is 1. The van der Waals surface area contributed by atoms with Crippen LogP contribution in [-0.4, -0.2) is 7.11 Å². The van der Waals surface area contributed by atoms with E-state index >= 15 is 0 Å². The topological polar surface area (TPSA) is 39.4 Å². The highest BCUT2D eigenvalue weighted by atomic mass is 16.5. The van der Waals surface area contributed by atoms with E-state index in [0.29, 0.717) is 17.3 Å². The molecule has 0 saturated heterocycles. The second-order valence-electron chi connectivity index (χ2n) is 4.49. The minimum absolute atomic E-state index is 0.348. The summed E-state index contributed by atoms with van der Waals surface area (Å²) in [6, 6.07) is 6.99. The molecular formula is C15H16O3. The molecule has 94 valence electrons. The second-order valence-corrected chi connectivity index (χ2v) is 4.49. The van der Waals surface area contributed by atoms with Gasteiger partial charge in [0.05, 0.1) is 7.11 Å². The fraction of sp³-hybridized carbons (Fsp3) is 0.267. The van der Waals surface area contributed by atoms with Crippen molar-refractivity contribution in [3.63, 3.8) is 0 Å². The van der Waals surface area contributed by atoms with Crippen LogP contribution in [0.4, 0.5) is 0 Å². The average molecular weight is 244 g/mol. The first-order valence-corrected chi connectivity index (χ1v) is 5.90. The van der Waals surface area contributed by atoms with Gasteiger partial charge < -0.3 is 9.15 Å². The molecule has 0 spiro atoms. The van der Waals surface area contributed by atoms with E-state index in [0.717, 1.165) is 10.9 Å². The maximum atomic E-state index is 11.5. The van der Waals surface area contributed by atoms with Gasteiger partial charge in [0.1, 0.15) is 11.3 Å². The number of hydrogen-bond donors (Lipinski definition) is 0. The van der Waals surface area contributed by atoms with Crippen LogP contribution in [0.5, 0.6) is 5.75 Å². The number of ether oxygens (including phenoxy) is 1. The van der Waals surface area contributed by atoms with Gasteiger partial charge in [0.25, 0.3) is 0 Å². The van der Waals surface area contributed by atoms with Gasteiger partial charge in [0.15, 0.2) is 0 Å². The molecule has 0 radical (unpaired) electrons. The maximum absolute atomic E-state index is 11.5. The van der Waals surface area contributed by atoms with Crippen molar-refractivity contribution in [3.8, 4) is 5.75 Å². The van der Waals surface area contributed by atoms with Crippen LogP contribution in [0.2, 0.25) is 0 Å². The average Bonchev–Trinajstić information content (AvgIpc) is 2.34. The van der Waals surface area contributed by atoms with Gasteiger partial charge in [-0.1, -0.05) is 26.0 Å². The standard InChI is InChI=1S/C15H16O3/c1-10(2)4-5-11-8-15(16)18-14-9-12(17-3)6-7-13(11)14/h4-10H,1-3H3/b5-4-. The van der Waals surface area contributed by atoms with Crippen LogP contribution in [0, 0.1) is 5.92 Å². The van der Waals surface area contributed by atoms with E-state index in [1.807, 2.05) is 18.2 Å². The Labute approximate surface area is 106 Å². The van der Waals surface area contributed by atoms with Gasteiger partial charge in [0, 0.05) is 17.5 Å². The number of rotatable bonds is 3. The highest BCUT2D eigenvalue weighted by Gasteiger charge is 2.04. The first-order valence-electron chi connectivity index (χ1n) is 5.90. The monoisotopic (exact) mass is 244 g/mol. The van der Waals surface area contributed by atoms with Crippen molar-refractivity contribution in [2.45, 2.75) is 13.8 Å². The number of hydrogen-bond acceptors (Lipinski definition) is 3. The molecule has 2 aromatic rings. The normalized spacial score (nSPS) is 11.6. The largest absolute Gasteiger partial charge is 0.497 e. The molecule has 18 heavy (non-hydrogen) atoms. The molecular weight excluding hydrogens is 228 g/mol. The molecule has 2 rings (SSSR count). The zero-order valence-electron chi connectivity index (χ0n) is 10.8. The van der Waals surface area contributed by atoms with Crippen LogP contribution < -0.4 is 10.4 Å². The summed E-state index contributed by atoms with van der Waals surface area (Å²) in [7, 11) is 1.59. The van der Waals surface area contributed by atoms with Crippen molar-refractivity contribution in [1.82, 2.24) is 0 Å². The zero-order valence-corrected chi connectivity index (χ0v) is 10.8. The van der Waals surface area contributed by atoms with Crippen molar-refractivity contribution < 1.29 is 9.15 Å².